The Morgan fingerprint density at radius 2 is 2.06 bits per heavy atom. The van der Waals surface area contributed by atoms with Gasteiger partial charge in [0.15, 0.2) is 11.5 Å². The van der Waals surface area contributed by atoms with Crippen LogP contribution in [0.4, 0.5) is 0 Å². The summed E-state index contributed by atoms with van der Waals surface area (Å²) >= 11 is 0. The second kappa shape index (κ2) is 5.57. The van der Waals surface area contributed by atoms with Gasteiger partial charge in [-0.15, -0.1) is 0 Å². The number of benzene rings is 1. The third kappa shape index (κ3) is 3.12. The van der Waals surface area contributed by atoms with E-state index in [1.54, 1.807) is 0 Å². The molecule has 1 N–H and O–H groups in total. The molecular formula is C13H17NO3. The van der Waals surface area contributed by atoms with Gasteiger partial charge >= 0.3 is 0 Å². The normalized spacial score (nSPS) is 13.9. The molecule has 0 aromatic heterocycles. The first-order valence-corrected chi connectivity index (χ1v) is 5.95. The average molecular weight is 235 g/mol. The van der Waals surface area contributed by atoms with Gasteiger partial charge in [-0.3, -0.25) is 4.79 Å². The third-order valence-electron chi connectivity index (χ3n) is 2.62. The minimum absolute atomic E-state index is 0.0529. The van der Waals surface area contributed by atoms with Crippen LogP contribution < -0.4 is 14.8 Å². The van der Waals surface area contributed by atoms with Crippen LogP contribution in [0.3, 0.4) is 0 Å². The monoisotopic (exact) mass is 235 g/mol. The van der Waals surface area contributed by atoms with E-state index >= 15 is 0 Å². The van der Waals surface area contributed by atoms with Crippen molar-refractivity contribution in [2.24, 2.45) is 0 Å². The predicted molar refractivity (Wildman–Crippen MR) is 64.2 cm³/mol. The number of fused-ring (bicyclic) bond motifs is 1. The van der Waals surface area contributed by atoms with Gasteiger partial charge in [0.25, 0.3) is 0 Å². The second-order valence-electron chi connectivity index (χ2n) is 3.96. The lowest BCUT2D eigenvalue weighted by Crippen LogP contribution is -2.21. The Bertz CT molecular complexity index is 404. The Morgan fingerprint density at radius 3 is 2.82 bits per heavy atom. The van der Waals surface area contributed by atoms with Crippen LogP contribution in [-0.4, -0.2) is 19.1 Å². The molecule has 0 spiro atoms. The number of hydrogen-bond acceptors (Lipinski definition) is 3. The van der Waals surface area contributed by atoms with E-state index in [4.69, 9.17) is 9.47 Å². The predicted octanol–water partition coefficient (Wildman–Crippen LogP) is 1.87. The zero-order valence-corrected chi connectivity index (χ0v) is 9.99. The van der Waals surface area contributed by atoms with E-state index in [0.29, 0.717) is 26.2 Å². The first-order valence-electron chi connectivity index (χ1n) is 5.95. The Labute approximate surface area is 101 Å². The average Bonchev–Trinajstić information content (AvgIpc) is 2.60. The molecule has 17 heavy (non-hydrogen) atoms. The zero-order valence-electron chi connectivity index (χ0n) is 9.99. The van der Waals surface area contributed by atoms with Crippen molar-refractivity contribution in [3.8, 4) is 11.5 Å². The van der Waals surface area contributed by atoms with Crippen LogP contribution in [0.5, 0.6) is 11.5 Å². The lowest BCUT2D eigenvalue weighted by Gasteiger charge is -2.09. The number of rotatable bonds is 3. The Balaban J connectivity index is 2.04. The zero-order chi connectivity index (χ0) is 12.1. The summed E-state index contributed by atoms with van der Waals surface area (Å²) in [6.45, 7) is 3.74. The molecule has 0 saturated heterocycles. The first-order chi connectivity index (χ1) is 8.29. The summed E-state index contributed by atoms with van der Waals surface area (Å²) in [5, 5.41) is 2.84. The highest BCUT2D eigenvalue weighted by Gasteiger charge is 2.10. The maximum Gasteiger partial charge on any atom is 0.219 e. The summed E-state index contributed by atoms with van der Waals surface area (Å²) in [5.41, 5.74) is 1.02. The van der Waals surface area contributed by atoms with Crippen molar-refractivity contribution in [3.63, 3.8) is 0 Å². The van der Waals surface area contributed by atoms with Crippen LogP contribution in [0.1, 0.15) is 25.3 Å². The van der Waals surface area contributed by atoms with Gasteiger partial charge in [-0.1, -0.05) is 13.0 Å². The highest BCUT2D eigenvalue weighted by atomic mass is 16.5. The highest BCUT2D eigenvalue weighted by molar-refractivity contribution is 5.75. The maximum absolute atomic E-state index is 11.2. The van der Waals surface area contributed by atoms with Gasteiger partial charge in [0.05, 0.1) is 13.2 Å². The quantitative estimate of drug-likeness (QED) is 0.870. The molecule has 0 unspecified atom stereocenters. The Kier molecular flexibility index (Phi) is 3.85. The Hall–Kier alpha value is -1.71. The van der Waals surface area contributed by atoms with Crippen molar-refractivity contribution < 1.29 is 14.3 Å². The lowest BCUT2D eigenvalue weighted by atomic mass is 10.2. The van der Waals surface area contributed by atoms with Gasteiger partial charge in [-0.25, -0.2) is 0 Å². The van der Waals surface area contributed by atoms with Crippen LogP contribution >= 0.6 is 0 Å². The number of carbonyl (C=O) groups excluding carboxylic acids is 1. The van der Waals surface area contributed by atoms with Crippen molar-refractivity contribution in [1.29, 1.82) is 0 Å². The largest absolute Gasteiger partial charge is 0.490 e. The molecule has 0 atom stereocenters. The van der Waals surface area contributed by atoms with Crippen LogP contribution in [0.2, 0.25) is 0 Å². The standard InChI is InChI=1S/C13H17NO3/c1-2-13(15)14-9-10-4-5-11-12(8-10)17-7-3-6-16-11/h4-5,8H,2-3,6-7,9H2,1H3,(H,14,15). The number of nitrogens with one attached hydrogen (secondary N) is 1. The summed E-state index contributed by atoms with van der Waals surface area (Å²) < 4.78 is 11.1. The molecule has 0 fully saturated rings. The van der Waals surface area contributed by atoms with Gasteiger partial charge in [-0.2, -0.15) is 0 Å². The number of ether oxygens (including phenoxy) is 2. The fourth-order valence-electron chi connectivity index (χ4n) is 1.64. The van der Waals surface area contributed by atoms with Crippen molar-refractivity contribution in [1.82, 2.24) is 5.32 Å². The van der Waals surface area contributed by atoms with Crippen LogP contribution in [-0.2, 0) is 11.3 Å². The number of hydrogen-bond donors (Lipinski definition) is 1. The van der Waals surface area contributed by atoms with Crippen molar-refractivity contribution in [2.75, 3.05) is 13.2 Å². The molecule has 1 amide bonds. The summed E-state index contributed by atoms with van der Waals surface area (Å²) in [4.78, 5) is 11.2. The van der Waals surface area contributed by atoms with E-state index in [2.05, 4.69) is 5.32 Å². The van der Waals surface area contributed by atoms with Gasteiger partial charge in [0, 0.05) is 19.4 Å². The SMILES string of the molecule is CCC(=O)NCc1ccc2c(c1)OCCCO2. The van der Waals surface area contributed by atoms with E-state index in [1.807, 2.05) is 25.1 Å². The molecule has 0 saturated carbocycles. The molecule has 2 rings (SSSR count). The summed E-state index contributed by atoms with van der Waals surface area (Å²) in [5.74, 6) is 1.61. The van der Waals surface area contributed by atoms with E-state index in [1.165, 1.54) is 0 Å². The molecule has 1 aliphatic heterocycles. The molecule has 1 aromatic rings. The van der Waals surface area contributed by atoms with E-state index in [0.717, 1.165) is 23.5 Å². The maximum atomic E-state index is 11.2. The van der Waals surface area contributed by atoms with Crippen LogP contribution in [0, 0.1) is 0 Å². The molecule has 92 valence electrons. The molecule has 1 aromatic carbocycles. The summed E-state index contributed by atoms with van der Waals surface area (Å²) in [7, 11) is 0. The molecule has 0 aliphatic carbocycles. The van der Waals surface area contributed by atoms with Gasteiger partial charge < -0.3 is 14.8 Å². The summed E-state index contributed by atoms with van der Waals surface area (Å²) in [6, 6.07) is 5.77. The van der Waals surface area contributed by atoms with Crippen LogP contribution in [0.25, 0.3) is 0 Å². The fourth-order valence-corrected chi connectivity index (χ4v) is 1.64. The fraction of sp³-hybridized carbons (Fsp3) is 0.462. The topological polar surface area (TPSA) is 47.6 Å². The minimum Gasteiger partial charge on any atom is -0.490 e. The second-order valence-corrected chi connectivity index (χ2v) is 3.96. The molecular weight excluding hydrogens is 218 g/mol. The number of carbonyl (C=O) groups is 1. The third-order valence-corrected chi connectivity index (χ3v) is 2.62. The molecule has 0 radical (unpaired) electrons. The van der Waals surface area contributed by atoms with E-state index in [-0.39, 0.29) is 5.91 Å². The minimum atomic E-state index is 0.0529. The molecule has 0 bridgehead atoms. The highest BCUT2D eigenvalue weighted by Crippen LogP contribution is 2.30. The number of amides is 1. The van der Waals surface area contributed by atoms with Crippen LogP contribution in [0.15, 0.2) is 18.2 Å². The molecule has 4 nitrogen and oxygen atoms in total. The molecule has 4 heteroatoms. The van der Waals surface area contributed by atoms with Gasteiger partial charge in [0.2, 0.25) is 5.91 Å². The Morgan fingerprint density at radius 1 is 1.29 bits per heavy atom. The molecule has 1 heterocycles. The molecule has 1 aliphatic rings. The van der Waals surface area contributed by atoms with E-state index < -0.39 is 0 Å². The first kappa shape index (κ1) is 11.8. The van der Waals surface area contributed by atoms with E-state index in [9.17, 15) is 4.79 Å². The van der Waals surface area contributed by atoms with Crippen molar-refractivity contribution in [2.45, 2.75) is 26.3 Å². The summed E-state index contributed by atoms with van der Waals surface area (Å²) in [6.07, 6.45) is 1.40. The van der Waals surface area contributed by atoms with Crippen molar-refractivity contribution >= 4 is 5.91 Å². The van der Waals surface area contributed by atoms with Crippen molar-refractivity contribution in [3.05, 3.63) is 23.8 Å². The van der Waals surface area contributed by atoms with Gasteiger partial charge in [-0.05, 0) is 17.7 Å². The smallest absolute Gasteiger partial charge is 0.219 e. The van der Waals surface area contributed by atoms with Gasteiger partial charge in [0.1, 0.15) is 0 Å². The lowest BCUT2D eigenvalue weighted by molar-refractivity contribution is -0.120.